The first kappa shape index (κ1) is 23.2. The zero-order chi connectivity index (χ0) is 24.1. The standard InChI is InChI=1S/C27H28N4O3/c1-18-13-19(2)15-22(14-18)27(34)31-12-6-8-21(17-31)26(33)29-23-9-5-7-20(16-23)25(32)30-24-10-3-4-11-28-24/h3-5,7,9-11,13-16,21H,6,8,12,17H2,1-2H3,(H,29,33)(H,28,30,32). The molecule has 0 aliphatic carbocycles. The summed E-state index contributed by atoms with van der Waals surface area (Å²) in [5, 5.41) is 5.65. The summed E-state index contributed by atoms with van der Waals surface area (Å²) in [6.07, 6.45) is 3.08. The fraction of sp³-hybridized carbons (Fsp3) is 0.259. The van der Waals surface area contributed by atoms with Crippen LogP contribution in [0.4, 0.5) is 11.5 Å². The second kappa shape index (κ2) is 10.3. The Morgan fingerprint density at radius 1 is 0.912 bits per heavy atom. The monoisotopic (exact) mass is 456 g/mol. The van der Waals surface area contributed by atoms with E-state index in [0.29, 0.717) is 42.1 Å². The van der Waals surface area contributed by atoms with Crippen LogP contribution < -0.4 is 10.6 Å². The van der Waals surface area contributed by atoms with Gasteiger partial charge in [-0.2, -0.15) is 0 Å². The summed E-state index contributed by atoms with van der Waals surface area (Å²) in [7, 11) is 0. The number of hydrogen-bond acceptors (Lipinski definition) is 4. The summed E-state index contributed by atoms with van der Waals surface area (Å²) >= 11 is 0. The van der Waals surface area contributed by atoms with Gasteiger partial charge in [-0.05, 0) is 69.2 Å². The number of pyridine rings is 1. The van der Waals surface area contributed by atoms with E-state index in [1.54, 1.807) is 53.6 Å². The number of nitrogens with one attached hydrogen (secondary N) is 2. The molecule has 1 atom stereocenters. The number of rotatable bonds is 5. The van der Waals surface area contributed by atoms with E-state index in [1.165, 1.54) is 0 Å². The fourth-order valence-corrected chi connectivity index (χ4v) is 4.26. The van der Waals surface area contributed by atoms with Crippen molar-refractivity contribution in [1.29, 1.82) is 0 Å². The van der Waals surface area contributed by atoms with Crippen LogP contribution in [-0.4, -0.2) is 40.7 Å². The molecule has 0 radical (unpaired) electrons. The highest BCUT2D eigenvalue weighted by Gasteiger charge is 2.29. The smallest absolute Gasteiger partial charge is 0.256 e. The molecule has 2 heterocycles. The van der Waals surface area contributed by atoms with Crippen LogP contribution in [0.2, 0.25) is 0 Å². The molecule has 1 fully saturated rings. The van der Waals surface area contributed by atoms with E-state index in [9.17, 15) is 14.4 Å². The second-order valence-corrected chi connectivity index (χ2v) is 8.71. The summed E-state index contributed by atoms with van der Waals surface area (Å²) in [5.74, 6) is -0.359. The summed E-state index contributed by atoms with van der Waals surface area (Å²) in [4.78, 5) is 44.4. The maximum Gasteiger partial charge on any atom is 0.256 e. The molecule has 7 heteroatoms. The first-order valence-electron chi connectivity index (χ1n) is 11.4. The van der Waals surface area contributed by atoms with Crippen LogP contribution in [-0.2, 0) is 4.79 Å². The third kappa shape index (κ3) is 5.67. The predicted molar refractivity (Wildman–Crippen MR) is 132 cm³/mol. The van der Waals surface area contributed by atoms with Crippen molar-refractivity contribution in [1.82, 2.24) is 9.88 Å². The largest absolute Gasteiger partial charge is 0.338 e. The Morgan fingerprint density at radius 3 is 2.44 bits per heavy atom. The molecule has 2 aromatic carbocycles. The van der Waals surface area contributed by atoms with Gasteiger partial charge in [0.1, 0.15) is 5.82 Å². The van der Waals surface area contributed by atoms with Gasteiger partial charge in [-0.15, -0.1) is 0 Å². The van der Waals surface area contributed by atoms with Gasteiger partial charge in [0.2, 0.25) is 5.91 Å². The molecule has 1 aromatic heterocycles. The molecule has 7 nitrogen and oxygen atoms in total. The van der Waals surface area contributed by atoms with Gasteiger partial charge in [-0.3, -0.25) is 14.4 Å². The van der Waals surface area contributed by atoms with Crippen LogP contribution in [0.3, 0.4) is 0 Å². The lowest BCUT2D eigenvalue weighted by Gasteiger charge is -2.32. The molecular weight excluding hydrogens is 428 g/mol. The maximum absolute atomic E-state index is 13.0. The molecule has 34 heavy (non-hydrogen) atoms. The van der Waals surface area contributed by atoms with Crippen LogP contribution in [0, 0.1) is 19.8 Å². The van der Waals surface area contributed by atoms with Crippen LogP contribution >= 0.6 is 0 Å². The van der Waals surface area contributed by atoms with Gasteiger partial charge in [-0.25, -0.2) is 4.98 Å². The molecule has 4 rings (SSSR count). The Morgan fingerprint density at radius 2 is 1.71 bits per heavy atom. The van der Waals surface area contributed by atoms with Crippen molar-refractivity contribution in [2.24, 2.45) is 5.92 Å². The zero-order valence-electron chi connectivity index (χ0n) is 19.4. The molecule has 0 spiro atoms. The lowest BCUT2D eigenvalue weighted by Crippen LogP contribution is -2.43. The van der Waals surface area contributed by atoms with E-state index >= 15 is 0 Å². The number of nitrogens with zero attached hydrogens (tertiary/aromatic N) is 2. The molecule has 1 unspecified atom stereocenters. The molecule has 2 N–H and O–H groups in total. The van der Waals surface area contributed by atoms with Crippen molar-refractivity contribution in [3.05, 3.63) is 89.1 Å². The number of carbonyl (C=O) groups excluding carboxylic acids is 3. The van der Waals surface area contributed by atoms with Crippen LogP contribution in [0.5, 0.6) is 0 Å². The fourth-order valence-electron chi connectivity index (χ4n) is 4.26. The number of amides is 3. The first-order chi connectivity index (χ1) is 16.4. The van der Waals surface area contributed by atoms with Crippen LogP contribution in [0.15, 0.2) is 66.9 Å². The maximum atomic E-state index is 13.0. The van der Waals surface area contributed by atoms with Gasteiger partial charge in [0.05, 0.1) is 5.92 Å². The van der Waals surface area contributed by atoms with Gasteiger partial charge in [-0.1, -0.05) is 29.3 Å². The van der Waals surface area contributed by atoms with E-state index in [4.69, 9.17) is 0 Å². The van der Waals surface area contributed by atoms with Gasteiger partial charge in [0, 0.05) is 36.1 Å². The number of likely N-dealkylation sites (tertiary alicyclic amines) is 1. The number of anilines is 2. The highest BCUT2D eigenvalue weighted by Crippen LogP contribution is 2.22. The third-order valence-electron chi connectivity index (χ3n) is 5.85. The van der Waals surface area contributed by atoms with Gasteiger partial charge in [0.25, 0.3) is 11.8 Å². The Balaban J connectivity index is 1.40. The molecule has 3 aromatic rings. The Labute approximate surface area is 199 Å². The second-order valence-electron chi connectivity index (χ2n) is 8.71. The lowest BCUT2D eigenvalue weighted by atomic mass is 9.96. The Hall–Kier alpha value is -4.00. The predicted octanol–water partition coefficient (Wildman–Crippen LogP) is 4.44. The molecule has 174 valence electrons. The number of benzene rings is 2. The SMILES string of the molecule is Cc1cc(C)cc(C(=O)N2CCCC(C(=O)Nc3cccc(C(=O)Nc4ccccn4)c3)C2)c1. The minimum absolute atomic E-state index is 0.0440. The average molecular weight is 457 g/mol. The Bertz CT molecular complexity index is 1190. The van der Waals surface area contributed by atoms with E-state index in [2.05, 4.69) is 15.6 Å². The summed E-state index contributed by atoms with van der Waals surface area (Å²) < 4.78 is 0. The van der Waals surface area contributed by atoms with E-state index < -0.39 is 0 Å². The van der Waals surface area contributed by atoms with Crippen molar-refractivity contribution >= 4 is 29.2 Å². The highest BCUT2D eigenvalue weighted by molar-refractivity contribution is 6.05. The van der Waals surface area contributed by atoms with Gasteiger partial charge < -0.3 is 15.5 Å². The first-order valence-corrected chi connectivity index (χ1v) is 11.4. The minimum Gasteiger partial charge on any atom is -0.338 e. The van der Waals surface area contributed by atoms with Crippen molar-refractivity contribution in [3.63, 3.8) is 0 Å². The summed E-state index contributed by atoms with van der Waals surface area (Å²) in [6, 6.07) is 17.9. The van der Waals surface area contributed by atoms with Gasteiger partial charge in [0.15, 0.2) is 0 Å². The number of aryl methyl sites for hydroxylation is 2. The summed E-state index contributed by atoms with van der Waals surface area (Å²) in [5.41, 5.74) is 3.70. The molecule has 1 saturated heterocycles. The average Bonchev–Trinajstić information content (AvgIpc) is 2.84. The van der Waals surface area contributed by atoms with Crippen molar-refractivity contribution in [3.8, 4) is 0 Å². The van der Waals surface area contributed by atoms with Crippen molar-refractivity contribution < 1.29 is 14.4 Å². The van der Waals surface area contributed by atoms with Crippen molar-refractivity contribution in [2.45, 2.75) is 26.7 Å². The molecule has 3 amide bonds. The van der Waals surface area contributed by atoms with Crippen LogP contribution in [0.1, 0.15) is 44.7 Å². The molecule has 0 bridgehead atoms. The normalized spacial score (nSPS) is 15.5. The van der Waals surface area contributed by atoms with E-state index in [-0.39, 0.29) is 23.6 Å². The molecular formula is C27H28N4O3. The molecule has 0 saturated carbocycles. The number of carbonyl (C=O) groups is 3. The van der Waals surface area contributed by atoms with Crippen LogP contribution in [0.25, 0.3) is 0 Å². The van der Waals surface area contributed by atoms with Crippen molar-refractivity contribution in [2.75, 3.05) is 23.7 Å². The quantitative estimate of drug-likeness (QED) is 0.594. The lowest BCUT2D eigenvalue weighted by molar-refractivity contribution is -0.121. The molecule has 1 aliphatic heterocycles. The third-order valence-corrected chi connectivity index (χ3v) is 5.85. The highest BCUT2D eigenvalue weighted by atomic mass is 16.2. The summed E-state index contributed by atoms with van der Waals surface area (Å²) in [6.45, 7) is 4.96. The number of piperidine rings is 1. The zero-order valence-corrected chi connectivity index (χ0v) is 19.4. The number of hydrogen-bond donors (Lipinski definition) is 2. The number of aromatic nitrogens is 1. The molecule has 1 aliphatic rings. The van der Waals surface area contributed by atoms with E-state index in [0.717, 1.165) is 17.5 Å². The Kier molecular flexibility index (Phi) is 7.01. The van der Waals surface area contributed by atoms with Gasteiger partial charge >= 0.3 is 0 Å². The topological polar surface area (TPSA) is 91.4 Å². The minimum atomic E-state index is -0.311. The van der Waals surface area contributed by atoms with E-state index in [1.807, 2.05) is 32.0 Å².